The molecule has 0 aromatic heterocycles. The van der Waals surface area contributed by atoms with Gasteiger partial charge in [-0.1, -0.05) is 13.8 Å². The summed E-state index contributed by atoms with van der Waals surface area (Å²) in [4.78, 5) is 25.1. The molecular weight excluding hydrogens is 356 g/mol. The summed E-state index contributed by atoms with van der Waals surface area (Å²) in [5.74, 6) is -1.02. The molecule has 0 saturated carbocycles. The fraction of sp³-hybridized carbons (Fsp3) is 0.429. The SMILES string of the molecule is CC1CN(C(=O)Nc2cc(C(=O)O)ccc2Br)CC(C)S1. The highest BCUT2D eigenvalue weighted by Gasteiger charge is 2.26. The Bertz CT molecular complexity index is 557. The number of carboxylic acids is 1. The number of hydrogen-bond donors (Lipinski definition) is 2. The van der Waals surface area contributed by atoms with E-state index in [0.717, 1.165) is 0 Å². The van der Waals surface area contributed by atoms with Crippen LogP contribution in [-0.2, 0) is 0 Å². The molecule has 2 atom stereocenters. The Morgan fingerprint density at radius 1 is 1.33 bits per heavy atom. The summed E-state index contributed by atoms with van der Waals surface area (Å²) < 4.78 is 0.660. The van der Waals surface area contributed by atoms with E-state index in [9.17, 15) is 9.59 Å². The zero-order valence-corrected chi connectivity index (χ0v) is 14.2. The topological polar surface area (TPSA) is 69.6 Å². The van der Waals surface area contributed by atoms with E-state index in [-0.39, 0.29) is 11.6 Å². The molecule has 0 bridgehead atoms. The lowest BCUT2D eigenvalue weighted by atomic mass is 10.2. The van der Waals surface area contributed by atoms with Crippen molar-refractivity contribution in [3.05, 3.63) is 28.2 Å². The molecule has 2 unspecified atom stereocenters. The van der Waals surface area contributed by atoms with E-state index in [1.54, 1.807) is 11.0 Å². The van der Waals surface area contributed by atoms with Crippen molar-refractivity contribution in [2.24, 2.45) is 0 Å². The minimum atomic E-state index is -1.02. The molecule has 1 saturated heterocycles. The van der Waals surface area contributed by atoms with Gasteiger partial charge in [0, 0.05) is 28.1 Å². The Morgan fingerprint density at radius 3 is 2.52 bits per heavy atom. The second-order valence-electron chi connectivity index (χ2n) is 5.09. The number of carbonyl (C=O) groups is 2. The monoisotopic (exact) mass is 372 g/mol. The van der Waals surface area contributed by atoms with E-state index in [1.807, 2.05) is 11.8 Å². The first kappa shape index (κ1) is 16.2. The van der Waals surface area contributed by atoms with Gasteiger partial charge in [0.2, 0.25) is 0 Å². The molecule has 1 fully saturated rings. The predicted molar refractivity (Wildman–Crippen MR) is 88.2 cm³/mol. The number of aromatic carboxylic acids is 1. The van der Waals surface area contributed by atoms with Crippen LogP contribution in [0.3, 0.4) is 0 Å². The number of nitrogens with zero attached hydrogens (tertiary/aromatic N) is 1. The van der Waals surface area contributed by atoms with E-state index in [2.05, 4.69) is 35.1 Å². The number of nitrogens with one attached hydrogen (secondary N) is 1. The lowest BCUT2D eigenvalue weighted by molar-refractivity contribution is 0.0697. The third-order valence-corrected chi connectivity index (χ3v) is 5.08. The van der Waals surface area contributed by atoms with E-state index in [1.165, 1.54) is 12.1 Å². The maximum Gasteiger partial charge on any atom is 0.335 e. The van der Waals surface area contributed by atoms with Gasteiger partial charge in [-0.3, -0.25) is 0 Å². The molecule has 5 nitrogen and oxygen atoms in total. The zero-order chi connectivity index (χ0) is 15.6. The Kier molecular flexibility index (Phi) is 5.16. The molecular formula is C14H17BrN2O3S. The van der Waals surface area contributed by atoms with Crippen molar-refractivity contribution in [3.8, 4) is 0 Å². The van der Waals surface area contributed by atoms with Crippen LogP contribution in [0.2, 0.25) is 0 Å². The van der Waals surface area contributed by atoms with Crippen molar-refractivity contribution in [3.63, 3.8) is 0 Å². The van der Waals surface area contributed by atoms with Crippen LogP contribution in [0.15, 0.2) is 22.7 Å². The fourth-order valence-corrected chi connectivity index (χ4v) is 3.96. The summed E-state index contributed by atoms with van der Waals surface area (Å²) >= 11 is 5.20. The summed E-state index contributed by atoms with van der Waals surface area (Å²) in [6.07, 6.45) is 0. The molecule has 2 rings (SSSR count). The lowest BCUT2D eigenvalue weighted by Crippen LogP contribution is -2.46. The van der Waals surface area contributed by atoms with Gasteiger partial charge in [-0.2, -0.15) is 11.8 Å². The highest BCUT2D eigenvalue weighted by Crippen LogP contribution is 2.27. The maximum absolute atomic E-state index is 12.3. The van der Waals surface area contributed by atoms with Gasteiger partial charge >= 0.3 is 12.0 Å². The third-order valence-electron chi connectivity index (χ3n) is 3.16. The Morgan fingerprint density at radius 2 is 1.95 bits per heavy atom. The highest BCUT2D eigenvalue weighted by atomic mass is 79.9. The summed E-state index contributed by atoms with van der Waals surface area (Å²) in [5, 5.41) is 12.6. The number of carboxylic acid groups (broad SMARTS) is 1. The smallest absolute Gasteiger partial charge is 0.335 e. The normalized spacial score (nSPS) is 22.0. The number of carbonyl (C=O) groups excluding carboxylic acids is 1. The van der Waals surface area contributed by atoms with Gasteiger partial charge in [-0.05, 0) is 34.1 Å². The number of halogens is 1. The Labute approximate surface area is 136 Å². The second-order valence-corrected chi connectivity index (χ2v) is 7.83. The summed E-state index contributed by atoms with van der Waals surface area (Å²) in [7, 11) is 0. The van der Waals surface area contributed by atoms with Crippen LogP contribution < -0.4 is 5.32 Å². The van der Waals surface area contributed by atoms with Crippen molar-refractivity contribution in [1.82, 2.24) is 4.90 Å². The van der Waals surface area contributed by atoms with Crippen LogP contribution in [0.4, 0.5) is 10.5 Å². The number of anilines is 1. The van der Waals surface area contributed by atoms with Gasteiger partial charge in [0.05, 0.1) is 11.3 Å². The molecule has 7 heteroatoms. The number of urea groups is 1. The number of amides is 2. The van der Waals surface area contributed by atoms with Crippen LogP contribution in [0.1, 0.15) is 24.2 Å². The molecule has 114 valence electrons. The van der Waals surface area contributed by atoms with Gasteiger partial charge in [0.1, 0.15) is 0 Å². The molecule has 0 spiro atoms. The number of rotatable bonds is 2. The summed E-state index contributed by atoms with van der Waals surface area (Å²) in [6, 6.07) is 4.37. The molecule has 2 amide bonds. The third kappa shape index (κ3) is 4.14. The van der Waals surface area contributed by atoms with Gasteiger partial charge in [0.15, 0.2) is 0 Å². The number of hydrogen-bond acceptors (Lipinski definition) is 3. The molecule has 1 aromatic rings. The minimum Gasteiger partial charge on any atom is -0.478 e. The van der Waals surface area contributed by atoms with E-state index < -0.39 is 5.97 Å². The average Bonchev–Trinajstić information content (AvgIpc) is 2.39. The van der Waals surface area contributed by atoms with Crippen molar-refractivity contribution < 1.29 is 14.7 Å². The van der Waals surface area contributed by atoms with Gasteiger partial charge in [-0.25, -0.2) is 9.59 Å². The molecule has 1 aliphatic rings. The van der Waals surface area contributed by atoms with Crippen LogP contribution in [0, 0.1) is 0 Å². The van der Waals surface area contributed by atoms with Gasteiger partial charge < -0.3 is 15.3 Å². The Balaban J connectivity index is 2.12. The zero-order valence-electron chi connectivity index (χ0n) is 11.8. The van der Waals surface area contributed by atoms with E-state index in [0.29, 0.717) is 33.7 Å². The largest absolute Gasteiger partial charge is 0.478 e. The van der Waals surface area contributed by atoms with Crippen molar-refractivity contribution >= 4 is 45.4 Å². The predicted octanol–water partition coefficient (Wildman–Crippen LogP) is 3.51. The first-order valence-electron chi connectivity index (χ1n) is 6.61. The van der Waals surface area contributed by atoms with Gasteiger partial charge in [-0.15, -0.1) is 0 Å². The average molecular weight is 373 g/mol. The molecule has 0 aliphatic carbocycles. The molecule has 0 radical (unpaired) electrons. The quantitative estimate of drug-likeness (QED) is 0.833. The van der Waals surface area contributed by atoms with Crippen LogP contribution in [0.5, 0.6) is 0 Å². The van der Waals surface area contributed by atoms with Crippen molar-refractivity contribution in [2.45, 2.75) is 24.3 Å². The standard InChI is InChI=1S/C14H17BrN2O3S/c1-8-6-17(7-9(2)21-8)14(20)16-12-5-10(13(18)19)3-4-11(12)15/h3-5,8-9H,6-7H2,1-2H3,(H,16,20)(H,18,19). The number of benzene rings is 1. The summed E-state index contributed by atoms with van der Waals surface area (Å²) in [6.45, 7) is 5.58. The number of thioether (sulfide) groups is 1. The minimum absolute atomic E-state index is 0.143. The van der Waals surface area contributed by atoms with Gasteiger partial charge in [0.25, 0.3) is 0 Å². The van der Waals surface area contributed by atoms with Crippen molar-refractivity contribution in [2.75, 3.05) is 18.4 Å². The Hall–Kier alpha value is -1.21. The molecule has 1 heterocycles. The van der Waals surface area contributed by atoms with Crippen LogP contribution in [-0.4, -0.2) is 45.6 Å². The summed E-state index contributed by atoms with van der Waals surface area (Å²) in [5.41, 5.74) is 0.614. The first-order chi connectivity index (χ1) is 9.86. The van der Waals surface area contributed by atoms with Crippen LogP contribution in [0.25, 0.3) is 0 Å². The van der Waals surface area contributed by atoms with Crippen molar-refractivity contribution in [1.29, 1.82) is 0 Å². The van der Waals surface area contributed by atoms with Crippen LogP contribution >= 0.6 is 27.7 Å². The second kappa shape index (κ2) is 6.70. The molecule has 1 aromatic carbocycles. The van der Waals surface area contributed by atoms with E-state index >= 15 is 0 Å². The molecule has 21 heavy (non-hydrogen) atoms. The lowest BCUT2D eigenvalue weighted by Gasteiger charge is -2.34. The maximum atomic E-state index is 12.3. The molecule has 1 aliphatic heterocycles. The fourth-order valence-electron chi connectivity index (χ4n) is 2.29. The van der Waals surface area contributed by atoms with E-state index in [4.69, 9.17) is 5.11 Å². The molecule has 2 N–H and O–H groups in total. The highest BCUT2D eigenvalue weighted by molar-refractivity contribution is 9.10. The first-order valence-corrected chi connectivity index (χ1v) is 8.34.